The maximum atomic E-state index is 6.00. The molecule has 0 saturated carbocycles. The van der Waals surface area contributed by atoms with Gasteiger partial charge in [0.2, 0.25) is 12.6 Å². The van der Waals surface area contributed by atoms with Crippen LogP contribution in [0.5, 0.6) is 0 Å². The molecule has 0 aromatic carbocycles. The van der Waals surface area contributed by atoms with Crippen LogP contribution in [-0.4, -0.2) is 39.5 Å². The van der Waals surface area contributed by atoms with Gasteiger partial charge in [-0.05, 0) is 6.42 Å². The topological polar surface area (TPSA) is 36.9 Å². The molecule has 1 aliphatic heterocycles. The molecule has 1 aliphatic rings. The molecule has 1 rings (SSSR count). The fourth-order valence-corrected chi connectivity index (χ4v) is 2.15. The SMILES string of the molecule is C=C[C@@]1(C)CO[C@H](C(OC)OC)O[C@@H]1CCCC. The molecule has 3 atom stereocenters. The molecule has 4 nitrogen and oxygen atoms in total. The quantitative estimate of drug-likeness (QED) is 0.520. The van der Waals surface area contributed by atoms with E-state index in [-0.39, 0.29) is 11.5 Å². The van der Waals surface area contributed by atoms with E-state index in [1.54, 1.807) is 14.2 Å². The zero-order valence-electron chi connectivity index (χ0n) is 12.0. The minimum atomic E-state index is -0.483. The second-order valence-electron chi connectivity index (χ2n) is 5.00. The minimum Gasteiger partial charge on any atom is -0.351 e. The van der Waals surface area contributed by atoms with Crippen molar-refractivity contribution in [2.24, 2.45) is 5.41 Å². The molecule has 0 aliphatic carbocycles. The predicted octanol–water partition coefficient (Wildman–Crippen LogP) is 2.73. The largest absolute Gasteiger partial charge is 0.351 e. The van der Waals surface area contributed by atoms with E-state index >= 15 is 0 Å². The van der Waals surface area contributed by atoms with Crippen LogP contribution in [0.25, 0.3) is 0 Å². The number of hydrogen-bond acceptors (Lipinski definition) is 4. The molecule has 0 bridgehead atoms. The summed E-state index contributed by atoms with van der Waals surface area (Å²) in [4.78, 5) is 0. The summed E-state index contributed by atoms with van der Waals surface area (Å²) in [5.74, 6) is 0. The fraction of sp³-hybridized carbons (Fsp3) is 0.857. The molecule has 106 valence electrons. The summed E-state index contributed by atoms with van der Waals surface area (Å²) < 4.78 is 22.1. The van der Waals surface area contributed by atoms with Gasteiger partial charge in [0, 0.05) is 19.6 Å². The normalized spacial score (nSPS) is 32.7. The van der Waals surface area contributed by atoms with E-state index in [9.17, 15) is 0 Å². The lowest BCUT2D eigenvalue weighted by Crippen LogP contribution is -2.50. The number of rotatable bonds is 7. The molecular weight excluding hydrogens is 232 g/mol. The molecule has 0 amide bonds. The Hall–Kier alpha value is -0.420. The zero-order chi connectivity index (χ0) is 13.6. The summed E-state index contributed by atoms with van der Waals surface area (Å²) in [5, 5.41) is 0. The Morgan fingerprint density at radius 3 is 2.61 bits per heavy atom. The van der Waals surface area contributed by atoms with Crippen molar-refractivity contribution >= 4 is 0 Å². The Bertz CT molecular complexity index is 252. The molecule has 4 heteroatoms. The number of methoxy groups -OCH3 is 2. The lowest BCUT2D eigenvalue weighted by molar-refractivity contribution is -0.329. The second-order valence-corrected chi connectivity index (χ2v) is 5.00. The molecule has 1 saturated heterocycles. The zero-order valence-corrected chi connectivity index (χ0v) is 12.0. The third-order valence-electron chi connectivity index (χ3n) is 3.57. The van der Waals surface area contributed by atoms with E-state index in [1.165, 1.54) is 0 Å². The summed E-state index contributed by atoms with van der Waals surface area (Å²) >= 11 is 0. The van der Waals surface area contributed by atoms with Gasteiger partial charge < -0.3 is 18.9 Å². The van der Waals surface area contributed by atoms with Crippen LogP contribution in [0.3, 0.4) is 0 Å². The lowest BCUT2D eigenvalue weighted by atomic mass is 9.82. The Morgan fingerprint density at radius 1 is 1.44 bits per heavy atom. The first-order valence-electron chi connectivity index (χ1n) is 6.57. The maximum Gasteiger partial charge on any atom is 0.209 e. The van der Waals surface area contributed by atoms with Crippen LogP contribution in [-0.2, 0) is 18.9 Å². The number of hydrogen-bond donors (Lipinski definition) is 0. The smallest absolute Gasteiger partial charge is 0.209 e. The Labute approximate surface area is 110 Å². The molecular formula is C14H26O4. The molecule has 1 fully saturated rings. The second kappa shape index (κ2) is 7.24. The van der Waals surface area contributed by atoms with Crippen molar-refractivity contribution in [3.63, 3.8) is 0 Å². The highest BCUT2D eigenvalue weighted by Gasteiger charge is 2.41. The Balaban J connectivity index is 2.69. The predicted molar refractivity (Wildman–Crippen MR) is 70.2 cm³/mol. The van der Waals surface area contributed by atoms with E-state index < -0.39 is 12.6 Å². The molecule has 0 aromatic rings. The maximum absolute atomic E-state index is 6.00. The lowest BCUT2D eigenvalue weighted by Gasteiger charge is -2.43. The van der Waals surface area contributed by atoms with Gasteiger partial charge in [-0.3, -0.25) is 0 Å². The van der Waals surface area contributed by atoms with Crippen LogP contribution < -0.4 is 0 Å². The summed E-state index contributed by atoms with van der Waals surface area (Å²) in [6.45, 7) is 8.78. The van der Waals surface area contributed by atoms with Crippen molar-refractivity contribution in [1.29, 1.82) is 0 Å². The van der Waals surface area contributed by atoms with E-state index in [1.807, 2.05) is 6.08 Å². The highest BCUT2D eigenvalue weighted by atomic mass is 16.8. The average Bonchev–Trinajstić information content (AvgIpc) is 2.40. The molecule has 0 radical (unpaired) electrons. The number of ether oxygens (including phenoxy) is 4. The molecule has 0 aromatic heterocycles. The fourth-order valence-electron chi connectivity index (χ4n) is 2.15. The third-order valence-corrected chi connectivity index (χ3v) is 3.57. The summed E-state index contributed by atoms with van der Waals surface area (Å²) in [6.07, 6.45) is 4.36. The van der Waals surface area contributed by atoms with Gasteiger partial charge in [-0.15, -0.1) is 6.58 Å². The molecule has 1 heterocycles. The Morgan fingerprint density at radius 2 is 2.11 bits per heavy atom. The first-order chi connectivity index (χ1) is 8.61. The van der Waals surface area contributed by atoms with Gasteiger partial charge in [0.15, 0.2) is 0 Å². The Kier molecular flexibility index (Phi) is 6.29. The highest BCUT2D eigenvalue weighted by Crippen LogP contribution is 2.35. The standard InChI is InChI=1S/C14H26O4/c1-6-8-9-11-14(3,7-2)10-17-13(18-11)12(15-4)16-5/h7,11-13H,2,6,8-10H2,1,3-5H3/t11-,13+,14+/m1/s1. The molecule has 0 spiro atoms. The van der Waals surface area contributed by atoms with Gasteiger partial charge >= 0.3 is 0 Å². The van der Waals surface area contributed by atoms with Crippen LogP contribution in [0.2, 0.25) is 0 Å². The van der Waals surface area contributed by atoms with Gasteiger partial charge in [-0.1, -0.05) is 32.8 Å². The van der Waals surface area contributed by atoms with Crippen LogP contribution in [0.4, 0.5) is 0 Å². The van der Waals surface area contributed by atoms with Crippen LogP contribution in [0, 0.1) is 5.41 Å². The molecule has 0 unspecified atom stereocenters. The van der Waals surface area contributed by atoms with Gasteiger partial charge in [-0.2, -0.15) is 0 Å². The van der Waals surface area contributed by atoms with Crippen molar-refractivity contribution in [3.05, 3.63) is 12.7 Å². The van der Waals surface area contributed by atoms with Crippen molar-refractivity contribution in [1.82, 2.24) is 0 Å². The third kappa shape index (κ3) is 3.54. The highest BCUT2D eigenvalue weighted by molar-refractivity contribution is 4.99. The van der Waals surface area contributed by atoms with Gasteiger partial charge in [0.1, 0.15) is 0 Å². The van der Waals surface area contributed by atoms with Gasteiger partial charge in [-0.25, -0.2) is 0 Å². The van der Waals surface area contributed by atoms with Crippen LogP contribution in [0.15, 0.2) is 12.7 Å². The monoisotopic (exact) mass is 258 g/mol. The molecule has 0 N–H and O–H groups in total. The first-order valence-corrected chi connectivity index (χ1v) is 6.57. The summed E-state index contributed by atoms with van der Waals surface area (Å²) in [6, 6.07) is 0. The van der Waals surface area contributed by atoms with Crippen LogP contribution >= 0.6 is 0 Å². The van der Waals surface area contributed by atoms with E-state index in [0.29, 0.717) is 6.61 Å². The number of unbranched alkanes of at least 4 members (excludes halogenated alkanes) is 1. The van der Waals surface area contributed by atoms with Crippen molar-refractivity contribution < 1.29 is 18.9 Å². The van der Waals surface area contributed by atoms with Crippen molar-refractivity contribution in [2.45, 2.75) is 51.8 Å². The van der Waals surface area contributed by atoms with Crippen LogP contribution in [0.1, 0.15) is 33.1 Å². The average molecular weight is 258 g/mol. The van der Waals surface area contributed by atoms with E-state index in [0.717, 1.165) is 19.3 Å². The van der Waals surface area contributed by atoms with Gasteiger partial charge in [0.05, 0.1) is 12.7 Å². The van der Waals surface area contributed by atoms with Gasteiger partial charge in [0.25, 0.3) is 0 Å². The minimum absolute atomic E-state index is 0.0986. The van der Waals surface area contributed by atoms with E-state index in [4.69, 9.17) is 18.9 Å². The van der Waals surface area contributed by atoms with Crippen molar-refractivity contribution in [2.75, 3.05) is 20.8 Å². The molecule has 18 heavy (non-hydrogen) atoms. The summed E-state index contributed by atoms with van der Waals surface area (Å²) in [5.41, 5.74) is -0.141. The van der Waals surface area contributed by atoms with Crippen molar-refractivity contribution in [3.8, 4) is 0 Å². The van der Waals surface area contributed by atoms with E-state index in [2.05, 4.69) is 20.4 Å². The summed E-state index contributed by atoms with van der Waals surface area (Å²) in [7, 11) is 3.17. The first kappa shape index (κ1) is 15.6.